The second-order valence-electron chi connectivity index (χ2n) is 7.34. The van der Waals surface area contributed by atoms with E-state index in [4.69, 9.17) is 19.9 Å². The van der Waals surface area contributed by atoms with Gasteiger partial charge in [0.2, 0.25) is 0 Å². The minimum absolute atomic E-state index is 0.187. The van der Waals surface area contributed by atoms with Gasteiger partial charge in [-0.3, -0.25) is 0 Å². The third kappa shape index (κ3) is 2.54. The Morgan fingerprint density at radius 1 is 1.33 bits per heavy atom. The van der Waals surface area contributed by atoms with Gasteiger partial charge in [0.25, 0.3) is 0 Å². The molecule has 2 aliphatic rings. The van der Waals surface area contributed by atoms with Crippen molar-refractivity contribution < 1.29 is 29.2 Å². The van der Waals surface area contributed by atoms with Gasteiger partial charge in [-0.1, -0.05) is 0 Å². The highest BCUT2D eigenvalue weighted by atomic mass is 16.7. The van der Waals surface area contributed by atoms with E-state index in [2.05, 4.69) is 20.1 Å². The van der Waals surface area contributed by atoms with Crippen molar-refractivity contribution in [2.75, 3.05) is 5.73 Å². The van der Waals surface area contributed by atoms with Crippen molar-refractivity contribution in [3.63, 3.8) is 0 Å². The molecule has 12 heteroatoms. The number of ether oxygens (including phenoxy) is 3. The van der Waals surface area contributed by atoms with Crippen LogP contribution in [0.1, 0.15) is 18.4 Å². The molecular weight excluding hydrogens is 396 g/mol. The summed E-state index contributed by atoms with van der Waals surface area (Å²) >= 11 is 0. The van der Waals surface area contributed by atoms with Crippen LogP contribution < -0.4 is 5.73 Å². The van der Waals surface area contributed by atoms with Crippen LogP contribution in [0.2, 0.25) is 0 Å². The lowest BCUT2D eigenvalue weighted by Crippen LogP contribution is -2.46. The molecule has 156 valence electrons. The molecule has 4 N–H and O–H groups in total. The van der Waals surface area contributed by atoms with E-state index in [0.29, 0.717) is 17.0 Å². The molecule has 5 rings (SSSR count). The molecule has 1 saturated carbocycles. The second-order valence-corrected chi connectivity index (χ2v) is 7.34. The third-order valence-electron chi connectivity index (χ3n) is 5.56. The van der Waals surface area contributed by atoms with Gasteiger partial charge in [0.1, 0.15) is 29.7 Å². The summed E-state index contributed by atoms with van der Waals surface area (Å²) < 4.78 is 17.5. The first kappa shape index (κ1) is 18.7. The molecule has 0 aromatic carbocycles. The standard InChI is InChI=1S/C18H18N6O6/c1-17(10-4-3-9-14(19)22-8-23-24(9)10)15(25)18(27)12(13(18)30-17)29-16(26)28-7-11-20-5-2-6-21-11/h2-6,8,12-13,15,25,27H,7H2,1H3,(H2,19,22,23)/t12?,13-,15+,17+,18-/m1/s1. The highest BCUT2D eigenvalue weighted by Gasteiger charge is 2.82. The topological polar surface area (TPSA) is 167 Å². The minimum atomic E-state index is -1.78. The summed E-state index contributed by atoms with van der Waals surface area (Å²) in [4.78, 5) is 23.7. The quantitative estimate of drug-likeness (QED) is 0.473. The summed E-state index contributed by atoms with van der Waals surface area (Å²) in [7, 11) is 0. The molecule has 0 spiro atoms. The van der Waals surface area contributed by atoms with Crippen LogP contribution in [0.5, 0.6) is 0 Å². The molecule has 0 radical (unpaired) electrons. The number of carbonyl (C=O) groups is 1. The molecule has 3 aromatic rings. The van der Waals surface area contributed by atoms with Gasteiger partial charge in [0.05, 0.1) is 5.69 Å². The van der Waals surface area contributed by atoms with Crippen LogP contribution >= 0.6 is 0 Å². The van der Waals surface area contributed by atoms with Gasteiger partial charge in [0, 0.05) is 12.4 Å². The number of fused-ring (bicyclic) bond motifs is 2. The number of aliphatic hydroxyl groups excluding tert-OH is 1. The average molecular weight is 414 g/mol. The van der Waals surface area contributed by atoms with Crippen LogP contribution in [0.25, 0.3) is 5.52 Å². The average Bonchev–Trinajstić information content (AvgIpc) is 3.05. The largest absolute Gasteiger partial charge is 0.509 e. The molecule has 3 aromatic heterocycles. The van der Waals surface area contributed by atoms with E-state index in [9.17, 15) is 15.0 Å². The monoisotopic (exact) mass is 414 g/mol. The lowest BCUT2D eigenvalue weighted by Gasteiger charge is -2.32. The first-order valence-electron chi connectivity index (χ1n) is 9.12. The Kier molecular flexibility index (Phi) is 3.93. The predicted octanol–water partition coefficient (Wildman–Crippen LogP) is -0.457. The summed E-state index contributed by atoms with van der Waals surface area (Å²) in [6, 6.07) is 5.01. The number of nitrogens with zero attached hydrogens (tertiary/aromatic N) is 5. The van der Waals surface area contributed by atoms with Crippen LogP contribution in [0.4, 0.5) is 10.6 Å². The van der Waals surface area contributed by atoms with Crippen molar-refractivity contribution in [1.29, 1.82) is 0 Å². The molecule has 1 aliphatic carbocycles. The fourth-order valence-corrected chi connectivity index (χ4v) is 3.92. The number of anilines is 1. The van der Waals surface area contributed by atoms with Gasteiger partial charge >= 0.3 is 6.16 Å². The van der Waals surface area contributed by atoms with Gasteiger partial charge in [-0.05, 0) is 25.1 Å². The number of rotatable bonds is 4. The van der Waals surface area contributed by atoms with Crippen LogP contribution in [-0.4, -0.2) is 64.8 Å². The van der Waals surface area contributed by atoms with Crippen molar-refractivity contribution in [3.05, 3.63) is 48.4 Å². The fraction of sp³-hybridized carbons (Fsp3) is 0.389. The van der Waals surface area contributed by atoms with E-state index >= 15 is 0 Å². The maximum absolute atomic E-state index is 12.0. The van der Waals surface area contributed by atoms with Crippen molar-refractivity contribution in [1.82, 2.24) is 24.6 Å². The molecule has 0 amide bonds. The molecule has 30 heavy (non-hydrogen) atoms. The van der Waals surface area contributed by atoms with E-state index in [1.165, 1.54) is 23.2 Å². The molecule has 0 bridgehead atoms. The van der Waals surface area contributed by atoms with Crippen LogP contribution in [0, 0.1) is 0 Å². The molecule has 1 saturated heterocycles. The molecule has 1 aliphatic heterocycles. The Morgan fingerprint density at radius 2 is 2.10 bits per heavy atom. The van der Waals surface area contributed by atoms with Crippen molar-refractivity contribution in [2.24, 2.45) is 0 Å². The smallest absolute Gasteiger partial charge is 0.426 e. The Balaban J connectivity index is 1.29. The highest BCUT2D eigenvalue weighted by Crippen LogP contribution is 2.59. The third-order valence-corrected chi connectivity index (χ3v) is 5.56. The summed E-state index contributed by atoms with van der Waals surface area (Å²) in [5.41, 5.74) is 3.77. The second kappa shape index (κ2) is 6.32. The summed E-state index contributed by atoms with van der Waals surface area (Å²) in [6.45, 7) is 1.43. The van der Waals surface area contributed by atoms with E-state index < -0.39 is 35.7 Å². The number of aliphatic hydroxyl groups is 2. The zero-order valence-corrected chi connectivity index (χ0v) is 15.7. The molecule has 12 nitrogen and oxygen atoms in total. The maximum atomic E-state index is 12.0. The molecule has 1 unspecified atom stereocenters. The van der Waals surface area contributed by atoms with Gasteiger partial charge < -0.3 is 30.2 Å². The number of nitrogens with two attached hydrogens (primary N) is 1. The first-order chi connectivity index (χ1) is 14.4. The van der Waals surface area contributed by atoms with Gasteiger partial charge in [-0.25, -0.2) is 24.3 Å². The van der Waals surface area contributed by atoms with Crippen LogP contribution in [-0.2, 0) is 26.4 Å². The molecule has 5 atom stereocenters. The number of hydrogen-bond acceptors (Lipinski definition) is 11. The van der Waals surface area contributed by atoms with Crippen LogP contribution in [0.3, 0.4) is 0 Å². The summed E-state index contributed by atoms with van der Waals surface area (Å²) in [5.74, 6) is 0.567. The van der Waals surface area contributed by atoms with Crippen molar-refractivity contribution in [3.8, 4) is 0 Å². The molecule has 4 heterocycles. The number of aromatic nitrogens is 5. The SMILES string of the molecule is C[C@@]1(c2ccc3c(N)ncnn23)O[C@@H]2C(OC(=O)OCc3ncccn3)[C@]2(O)[C@H]1O. The predicted molar refractivity (Wildman–Crippen MR) is 97.7 cm³/mol. The van der Waals surface area contributed by atoms with Crippen molar-refractivity contribution >= 4 is 17.5 Å². The van der Waals surface area contributed by atoms with E-state index in [0.717, 1.165) is 0 Å². The van der Waals surface area contributed by atoms with Crippen molar-refractivity contribution in [2.45, 2.75) is 43.0 Å². The summed E-state index contributed by atoms with van der Waals surface area (Å²) in [6.07, 6.45) is -0.121. The Labute approximate surface area is 169 Å². The zero-order valence-electron chi connectivity index (χ0n) is 15.7. The fourth-order valence-electron chi connectivity index (χ4n) is 3.92. The summed E-state index contributed by atoms with van der Waals surface area (Å²) in [5, 5.41) is 25.9. The normalized spacial score (nSPS) is 32.0. The van der Waals surface area contributed by atoms with Gasteiger partial charge in [0.15, 0.2) is 30.0 Å². The molecular formula is C18H18N6O6. The Hall–Kier alpha value is -3.35. The lowest BCUT2D eigenvalue weighted by atomic mass is 9.91. The maximum Gasteiger partial charge on any atom is 0.509 e. The van der Waals surface area contributed by atoms with E-state index in [1.807, 2.05) is 0 Å². The highest BCUT2D eigenvalue weighted by molar-refractivity contribution is 5.66. The number of carbonyl (C=O) groups excluding carboxylic acids is 1. The van der Waals surface area contributed by atoms with E-state index in [-0.39, 0.29) is 12.4 Å². The minimum Gasteiger partial charge on any atom is -0.426 e. The van der Waals surface area contributed by atoms with Crippen LogP contribution in [0.15, 0.2) is 36.9 Å². The number of hydrogen-bond donors (Lipinski definition) is 3. The zero-order chi connectivity index (χ0) is 21.1. The Bertz CT molecular complexity index is 1120. The lowest BCUT2D eigenvalue weighted by molar-refractivity contribution is -0.132. The number of nitrogen functional groups attached to an aromatic ring is 1. The molecule has 2 fully saturated rings. The van der Waals surface area contributed by atoms with E-state index in [1.54, 1.807) is 25.1 Å². The Morgan fingerprint density at radius 3 is 2.80 bits per heavy atom. The first-order valence-corrected chi connectivity index (χ1v) is 9.12. The van der Waals surface area contributed by atoms with Gasteiger partial charge in [-0.15, -0.1) is 0 Å². The van der Waals surface area contributed by atoms with Gasteiger partial charge in [-0.2, -0.15) is 5.10 Å².